The lowest BCUT2D eigenvalue weighted by atomic mass is 10.1. The molecule has 0 fully saturated rings. The van der Waals surface area contributed by atoms with Crippen LogP contribution in [-0.2, 0) is 0 Å². The Bertz CT molecular complexity index is 522. The first-order chi connectivity index (χ1) is 8.11. The van der Waals surface area contributed by atoms with Crippen LogP contribution in [0, 0.1) is 6.92 Å². The molecule has 0 saturated carbocycles. The Morgan fingerprint density at radius 3 is 2.82 bits per heavy atom. The molecule has 0 saturated heterocycles. The van der Waals surface area contributed by atoms with Crippen molar-refractivity contribution in [3.8, 4) is 11.3 Å². The van der Waals surface area contributed by atoms with Gasteiger partial charge in [0.25, 0.3) is 0 Å². The van der Waals surface area contributed by atoms with Crippen LogP contribution in [0.1, 0.15) is 30.7 Å². The van der Waals surface area contributed by atoms with Crippen LogP contribution >= 0.6 is 15.9 Å². The van der Waals surface area contributed by atoms with Crippen molar-refractivity contribution in [1.29, 1.82) is 0 Å². The van der Waals surface area contributed by atoms with E-state index in [1.165, 1.54) is 5.56 Å². The molecule has 0 aliphatic heterocycles. The number of hydrogen-bond donors (Lipinski definition) is 1. The Hall–Kier alpha value is -1.13. The van der Waals surface area contributed by atoms with E-state index < -0.39 is 0 Å². The fourth-order valence-corrected chi connectivity index (χ4v) is 1.85. The number of hydrogen-bond acceptors (Lipinski definition) is 3. The van der Waals surface area contributed by atoms with Crippen LogP contribution in [0.25, 0.3) is 11.3 Å². The van der Waals surface area contributed by atoms with E-state index in [2.05, 4.69) is 27.2 Å². The summed E-state index contributed by atoms with van der Waals surface area (Å²) in [6.07, 6.45) is 0.841. The van der Waals surface area contributed by atoms with Gasteiger partial charge in [0.05, 0.1) is 6.04 Å². The van der Waals surface area contributed by atoms with Crippen molar-refractivity contribution in [2.24, 2.45) is 5.73 Å². The highest BCUT2D eigenvalue weighted by Gasteiger charge is 2.12. The zero-order valence-electron chi connectivity index (χ0n) is 9.90. The molecule has 90 valence electrons. The molecular formula is C13H15BrN2O. The summed E-state index contributed by atoms with van der Waals surface area (Å²) in [5, 5.41) is 4.06. The van der Waals surface area contributed by atoms with Crippen LogP contribution in [-0.4, -0.2) is 5.16 Å². The van der Waals surface area contributed by atoms with Crippen molar-refractivity contribution < 1.29 is 4.52 Å². The van der Waals surface area contributed by atoms with E-state index in [9.17, 15) is 0 Å². The lowest BCUT2D eigenvalue weighted by Gasteiger charge is -2.01. The standard InChI is InChI=1S/C13H15BrN2O/c1-3-11(15)13-7-12(16-17-13)9-4-5-10(14)8(2)6-9/h4-7,11H,3,15H2,1-2H3. The topological polar surface area (TPSA) is 52.0 Å². The van der Waals surface area contributed by atoms with Gasteiger partial charge in [-0.05, 0) is 31.0 Å². The molecule has 2 N–H and O–H groups in total. The Morgan fingerprint density at radius 2 is 2.18 bits per heavy atom. The Morgan fingerprint density at radius 1 is 1.41 bits per heavy atom. The summed E-state index contributed by atoms with van der Waals surface area (Å²) < 4.78 is 6.35. The van der Waals surface area contributed by atoms with Gasteiger partial charge in [0.2, 0.25) is 0 Å². The van der Waals surface area contributed by atoms with Gasteiger partial charge in [0.1, 0.15) is 5.69 Å². The van der Waals surface area contributed by atoms with E-state index in [1.54, 1.807) is 0 Å². The molecule has 0 aliphatic rings. The highest BCUT2D eigenvalue weighted by molar-refractivity contribution is 9.10. The maximum Gasteiger partial charge on any atom is 0.154 e. The molecule has 4 heteroatoms. The van der Waals surface area contributed by atoms with Gasteiger partial charge < -0.3 is 10.3 Å². The maximum absolute atomic E-state index is 5.90. The largest absolute Gasteiger partial charge is 0.359 e. The molecule has 17 heavy (non-hydrogen) atoms. The second kappa shape index (κ2) is 5.02. The van der Waals surface area contributed by atoms with E-state index in [0.717, 1.165) is 27.9 Å². The fraction of sp³-hybridized carbons (Fsp3) is 0.308. The third kappa shape index (κ3) is 2.58. The predicted molar refractivity (Wildman–Crippen MR) is 71.6 cm³/mol. The smallest absolute Gasteiger partial charge is 0.154 e. The Kier molecular flexibility index (Phi) is 3.64. The van der Waals surface area contributed by atoms with Gasteiger partial charge in [0.15, 0.2) is 5.76 Å². The van der Waals surface area contributed by atoms with Crippen LogP contribution in [0.2, 0.25) is 0 Å². The summed E-state index contributed by atoms with van der Waals surface area (Å²) in [7, 11) is 0. The average Bonchev–Trinajstić information content (AvgIpc) is 2.81. The van der Waals surface area contributed by atoms with Crippen molar-refractivity contribution in [2.45, 2.75) is 26.3 Å². The minimum absolute atomic E-state index is 0.0761. The average molecular weight is 295 g/mol. The number of aromatic nitrogens is 1. The number of aryl methyl sites for hydroxylation is 1. The predicted octanol–water partition coefficient (Wildman–Crippen LogP) is 3.82. The summed E-state index contributed by atoms with van der Waals surface area (Å²) in [5.74, 6) is 0.739. The van der Waals surface area contributed by atoms with Crippen molar-refractivity contribution in [2.75, 3.05) is 0 Å². The molecule has 1 atom stereocenters. The van der Waals surface area contributed by atoms with Gasteiger partial charge in [-0.15, -0.1) is 0 Å². The molecule has 1 unspecified atom stereocenters. The Labute approximate surface area is 109 Å². The highest BCUT2D eigenvalue weighted by atomic mass is 79.9. The summed E-state index contributed by atoms with van der Waals surface area (Å²) >= 11 is 3.48. The zero-order chi connectivity index (χ0) is 12.4. The summed E-state index contributed by atoms with van der Waals surface area (Å²) in [6.45, 7) is 4.07. The molecule has 2 aromatic rings. The van der Waals surface area contributed by atoms with Crippen LogP contribution in [0.3, 0.4) is 0 Å². The van der Waals surface area contributed by atoms with Gasteiger partial charge in [-0.1, -0.05) is 34.1 Å². The van der Waals surface area contributed by atoms with Gasteiger partial charge in [0, 0.05) is 16.1 Å². The van der Waals surface area contributed by atoms with Crippen molar-refractivity contribution in [1.82, 2.24) is 5.16 Å². The molecular weight excluding hydrogens is 280 g/mol. The van der Waals surface area contributed by atoms with Gasteiger partial charge >= 0.3 is 0 Å². The zero-order valence-corrected chi connectivity index (χ0v) is 11.5. The number of nitrogens with two attached hydrogens (primary N) is 1. The summed E-state index contributed by atoms with van der Waals surface area (Å²) in [6, 6.07) is 7.93. The second-order valence-corrected chi connectivity index (χ2v) is 4.95. The first kappa shape index (κ1) is 12.3. The minimum atomic E-state index is -0.0761. The third-order valence-corrected chi connectivity index (χ3v) is 3.68. The first-order valence-corrected chi connectivity index (χ1v) is 6.40. The van der Waals surface area contributed by atoms with E-state index in [4.69, 9.17) is 10.3 Å². The molecule has 0 aliphatic carbocycles. The SMILES string of the molecule is CCC(N)c1cc(-c2ccc(Br)c(C)c2)no1. The van der Waals surface area contributed by atoms with Crippen molar-refractivity contribution in [3.05, 3.63) is 40.1 Å². The van der Waals surface area contributed by atoms with Gasteiger partial charge in [-0.25, -0.2) is 0 Å². The molecule has 0 spiro atoms. The van der Waals surface area contributed by atoms with Crippen LogP contribution < -0.4 is 5.73 Å². The second-order valence-electron chi connectivity index (χ2n) is 4.09. The summed E-state index contributed by atoms with van der Waals surface area (Å²) in [5.41, 5.74) is 8.95. The first-order valence-electron chi connectivity index (χ1n) is 5.60. The van der Waals surface area contributed by atoms with Gasteiger partial charge in [-0.3, -0.25) is 0 Å². The minimum Gasteiger partial charge on any atom is -0.359 e. The van der Waals surface area contributed by atoms with Crippen molar-refractivity contribution >= 4 is 15.9 Å². The normalized spacial score (nSPS) is 12.7. The molecule has 3 nitrogen and oxygen atoms in total. The third-order valence-electron chi connectivity index (χ3n) is 2.79. The highest BCUT2D eigenvalue weighted by Crippen LogP contribution is 2.26. The molecule has 0 radical (unpaired) electrons. The van der Waals surface area contributed by atoms with E-state index >= 15 is 0 Å². The van der Waals surface area contributed by atoms with Gasteiger partial charge in [-0.2, -0.15) is 0 Å². The fourth-order valence-electron chi connectivity index (χ4n) is 1.61. The van der Waals surface area contributed by atoms with Crippen molar-refractivity contribution in [3.63, 3.8) is 0 Å². The number of rotatable bonds is 3. The monoisotopic (exact) mass is 294 g/mol. The molecule has 1 aromatic carbocycles. The number of halogens is 1. The number of nitrogens with zero attached hydrogens (tertiary/aromatic N) is 1. The molecule has 2 rings (SSSR count). The quantitative estimate of drug-likeness (QED) is 0.936. The molecule has 0 bridgehead atoms. The maximum atomic E-state index is 5.90. The summed E-state index contributed by atoms with van der Waals surface area (Å²) in [4.78, 5) is 0. The van der Waals surface area contributed by atoms with E-state index in [1.807, 2.05) is 32.0 Å². The lowest BCUT2D eigenvalue weighted by molar-refractivity contribution is 0.360. The van der Waals surface area contributed by atoms with Crippen LogP contribution in [0.4, 0.5) is 0 Å². The molecule has 0 amide bonds. The molecule has 1 aromatic heterocycles. The Balaban J connectivity index is 2.33. The van der Waals surface area contributed by atoms with E-state index in [-0.39, 0.29) is 6.04 Å². The number of benzene rings is 1. The van der Waals surface area contributed by atoms with Crippen LogP contribution in [0.5, 0.6) is 0 Å². The molecule has 1 heterocycles. The lowest BCUT2D eigenvalue weighted by Crippen LogP contribution is -2.06. The van der Waals surface area contributed by atoms with Crippen LogP contribution in [0.15, 0.2) is 33.3 Å². The van der Waals surface area contributed by atoms with E-state index in [0.29, 0.717) is 0 Å².